The molecule has 0 bridgehead atoms. The molecule has 0 aliphatic heterocycles. The molecule has 1 rings (SSSR count). The average Bonchev–Trinajstić information content (AvgIpc) is 2.45. The molecule has 0 unspecified atom stereocenters. The van der Waals surface area contributed by atoms with Crippen LogP contribution < -0.4 is 16.6 Å². The molecule has 1 aromatic rings. The summed E-state index contributed by atoms with van der Waals surface area (Å²) in [6.07, 6.45) is 5.87. The van der Waals surface area contributed by atoms with Crippen LogP contribution in [0.15, 0.2) is 6.07 Å². The van der Waals surface area contributed by atoms with Crippen molar-refractivity contribution < 1.29 is 0 Å². The Hall–Kier alpha value is -1.36. The van der Waals surface area contributed by atoms with E-state index in [0.717, 1.165) is 24.6 Å². The van der Waals surface area contributed by atoms with Gasteiger partial charge in [0.1, 0.15) is 17.5 Å². The topological polar surface area (TPSA) is 75.9 Å². The second kappa shape index (κ2) is 8.04. The highest BCUT2D eigenvalue weighted by Crippen LogP contribution is 2.24. The molecule has 0 atom stereocenters. The number of aryl methyl sites for hydroxylation is 1. The van der Waals surface area contributed by atoms with Gasteiger partial charge in [-0.05, 0) is 11.8 Å². The number of hydrogen-bond acceptors (Lipinski definition) is 5. The van der Waals surface area contributed by atoms with Crippen molar-refractivity contribution in [2.75, 3.05) is 17.3 Å². The lowest BCUT2D eigenvalue weighted by molar-refractivity contribution is 0.342. The van der Waals surface area contributed by atoms with Gasteiger partial charge in [0.2, 0.25) is 0 Å². The molecule has 5 nitrogen and oxygen atoms in total. The zero-order chi connectivity index (χ0) is 15.0. The fraction of sp³-hybridized carbons (Fsp3) is 0.733. The first kappa shape index (κ1) is 16.7. The normalized spacial score (nSPS) is 11.4. The highest BCUT2D eigenvalue weighted by atomic mass is 15.3. The quantitative estimate of drug-likeness (QED) is 0.367. The second-order valence-electron chi connectivity index (χ2n) is 6.03. The molecule has 0 saturated carbocycles. The summed E-state index contributed by atoms with van der Waals surface area (Å²) in [6.45, 7) is 9.76. The van der Waals surface area contributed by atoms with Gasteiger partial charge >= 0.3 is 0 Å². The summed E-state index contributed by atoms with van der Waals surface area (Å²) in [5.74, 6) is 7.73. The standard InChI is InChI=1S/C15H29N5/c1-5-7-8-9-15(3,4)11-17-13-10-14(20-16)19-12(6-2)18-13/h10H,5-9,11,16H2,1-4H3,(H2,17,18,19,20). The van der Waals surface area contributed by atoms with Crippen LogP contribution >= 0.6 is 0 Å². The minimum absolute atomic E-state index is 0.267. The van der Waals surface area contributed by atoms with Crippen molar-refractivity contribution >= 4 is 11.6 Å². The summed E-state index contributed by atoms with van der Waals surface area (Å²) >= 11 is 0. The zero-order valence-corrected chi connectivity index (χ0v) is 13.3. The van der Waals surface area contributed by atoms with Gasteiger partial charge in [-0.2, -0.15) is 0 Å². The smallest absolute Gasteiger partial charge is 0.145 e. The average molecular weight is 279 g/mol. The van der Waals surface area contributed by atoms with Gasteiger partial charge in [0.15, 0.2) is 0 Å². The molecule has 0 aliphatic carbocycles. The van der Waals surface area contributed by atoms with Crippen molar-refractivity contribution in [3.05, 3.63) is 11.9 Å². The number of anilines is 2. The Bertz CT molecular complexity index is 381. The second-order valence-corrected chi connectivity index (χ2v) is 6.03. The van der Waals surface area contributed by atoms with Crippen molar-refractivity contribution in [2.45, 2.75) is 59.8 Å². The maximum atomic E-state index is 5.44. The van der Waals surface area contributed by atoms with Crippen molar-refractivity contribution in [3.63, 3.8) is 0 Å². The van der Waals surface area contributed by atoms with E-state index in [4.69, 9.17) is 5.84 Å². The van der Waals surface area contributed by atoms with E-state index in [0.29, 0.717) is 5.82 Å². The van der Waals surface area contributed by atoms with Crippen molar-refractivity contribution in [2.24, 2.45) is 11.3 Å². The number of hydrogen-bond donors (Lipinski definition) is 3. The summed E-state index contributed by atoms with van der Waals surface area (Å²) in [7, 11) is 0. The first-order chi connectivity index (χ1) is 9.50. The lowest BCUT2D eigenvalue weighted by atomic mass is 9.87. The van der Waals surface area contributed by atoms with E-state index in [1.54, 1.807) is 0 Å². The lowest BCUT2D eigenvalue weighted by Crippen LogP contribution is -2.24. The molecule has 114 valence electrons. The number of aromatic nitrogens is 2. The minimum Gasteiger partial charge on any atom is -0.369 e. The van der Waals surface area contributed by atoms with Crippen molar-refractivity contribution in [1.82, 2.24) is 9.97 Å². The Kier molecular flexibility index (Phi) is 6.71. The van der Waals surface area contributed by atoms with Gasteiger partial charge in [-0.1, -0.05) is 47.0 Å². The maximum Gasteiger partial charge on any atom is 0.145 e. The highest BCUT2D eigenvalue weighted by Gasteiger charge is 2.17. The number of nitrogens with one attached hydrogen (secondary N) is 2. The lowest BCUT2D eigenvalue weighted by Gasteiger charge is -2.25. The van der Waals surface area contributed by atoms with Gasteiger partial charge in [0.05, 0.1) is 0 Å². The van der Waals surface area contributed by atoms with E-state index >= 15 is 0 Å². The third kappa shape index (κ3) is 5.74. The van der Waals surface area contributed by atoms with Gasteiger partial charge in [-0.25, -0.2) is 15.8 Å². The SMILES string of the molecule is CCCCCC(C)(C)CNc1cc(NN)nc(CC)n1. The highest BCUT2D eigenvalue weighted by molar-refractivity contribution is 5.46. The Morgan fingerprint density at radius 2 is 1.85 bits per heavy atom. The number of rotatable bonds is 9. The molecule has 1 aromatic heterocycles. The summed E-state index contributed by atoms with van der Waals surface area (Å²) < 4.78 is 0. The van der Waals surface area contributed by atoms with E-state index in [9.17, 15) is 0 Å². The minimum atomic E-state index is 0.267. The number of nitrogens with two attached hydrogens (primary N) is 1. The number of nitrogen functional groups attached to an aromatic ring is 1. The van der Waals surface area contributed by atoms with Crippen LogP contribution in [0.1, 0.15) is 59.2 Å². The molecular formula is C15H29N5. The molecule has 0 spiro atoms. The summed E-state index contributed by atoms with van der Waals surface area (Å²) in [5.41, 5.74) is 2.86. The molecular weight excluding hydrogens is 250 g/mol. The fourth-order valence-corrected chi connectivity index (χ4v) is 2.09. The van der Waals surface area contributed by atoms with Crippen LogP contribution in [0.4, 0.5) is 11.6 Å². The molecule has 5 heteroatoms. The summed E-state index contributed by atoms with van der Waals surface area (Å²) in [6, 6.07) is 1.85. The molecule has 0 aromatic carbocycles. The van der Waals surface area contributed by atoms with Gasteiger partial charge < -0.3 is 10.7 Å². The van der Waals surface area contributed by atoms with Crippen LogP contribution in [-0.2, 0) is 6.42 Å². The molecule has 0 fully saturated rings. The van der Waals surface area contributed by atoms with Gasteiger partial charge in [-0.15, -0.1) is 0 Å². The third-order valence-corrected chi connectivity index (χ3v) is 3.44. The van der Waals surface area contributed by atoms with Crippen molar-refractivity contribution in [3.8, 4) is 0 Å². The molecule has 0 aliphatic rings. The zero-order valence-electron chi connectivity index (χ0n) is 13.3. The van der Waals surface area contributed by atoms with Gasteiger partial charge in [-0.3, -0.25) is 0 Å². The Labute approximate surface area is 122 Å². The van der Waals surface area contributed by atoms with E-state index in [-0.39, 0.29) is 5.41 Å². The van der Waals surface area contributed by atoms with E-state index in [1.807, 2.05) is 13.0 Å². The predicted octanol–water partition coefficient (Wildman–Crippen LogP) is 3.34. The van der Waals surface area contributed by atoms with Crippen LogP contribution in [0, 0.1) is 5.41 Å². The van der Waals surface area contributed by atoms with Crippen LogP contribution in [0.3, 0.4) is 0 Å². The molecule has 0 amide bonds. The Balaban J connectivity index is 2.59. The van der Waals surface area contributed by atoms with Crippen LogP contribution in [-0.4, -0.2) is 16.5 Å². The molecule has 4 N–H and O–H groups in total. The first-order valence-corrected chi connectivity index (χ1v) is 7.59. The van der Waals surface area contributed by atoms with Crippen LogP contribution in [0.25, 0.3) is 0 Å². The number of nitrogens with zero attached hydrogens (tertiary/aromatic N) is 2. The van der Waals surface area contributed by atoms with Gasteiger partial charge in [0, 0.05) is 19.0 Å². The first-order valence-electron chi connectivity index (χ1n) is 7.59. The predicted molar refractivity (Wildman–Crippen MR) is 85.6 cm³/mol. The molecule has 0 saturated heterocycles. The summed E-state index contributed by atoms with van der Waals surface area (Å²) in [5, 5.41) is 3.41. The van der Waals surface area contributed by atoms with Crippen LogP contribution in [0.5, 0.6) is 0 Å². The number of unbranched alkanes of at least 4 members (excludes halogenated alkanes) is 2. The fourth-order valence-electron chi connectivity index (χ4n) is 2.09. The summed E-state index contributed by atoms with van der Waals surface area (Å²) in [4.78, 5) is 8.77. The maximum absolute atomic E-state index is 5.44. The molecule has 0 radical (unpaired) electrons. The molecule has 20 heavy (non-hydrogen) atoms. The molecule has 1 heterocycles. The third-order valence-electron chi connectivity index (χ3n) is 3.44. The van der Waals surface area contributed by atoms with Crippen molar-refractivity contribution in [1.29, 1.82) is 0 Å². The largest absolute Gasteiger partial charge is 0.369 e. The van der Waals surface area contributed by atoms with Crippen LogP contribution in [0.2, 0.25) is 0 Å². The number of hydrazine groups is 1. The van der Waals surface area contributed by atoms with Gasteiger partial charge in [0.25, 0.3) is 0 Å². The van der Waals surface area contributed by atoms with E-state index < -0.39 is 0 Å². The Morgan fingerprint density at radius 3 is 2.45 bits per heavy atom. The van der Waals surface area contributed by atoms with E-state index in [1.165, 1.54) is 25.7 Å². The monoisotopic (exact) mass is 279 g/mol. The Morgan fingerprint density at radius 1 is 1.15 bits per heavy atom. The van der Waals surface area contributed by atoms with E-state index in [2.05, 4.69) is 41.5 Å².